The van der Waals surface area contributed by atoms with Crippen LogP contribution >= 0.6 is 11.6 Å². The summed E-state index contributed by atoms with van der Waals surface area (Å²) in [5, 5.41) is 6.97. The van der Waals surface area contributed by atoms with E-state index < -0.39 is 23.3 Å². The molecule has 0 fully saturated rings. The first-order valence-corrected chi connectivity index (χ1v) is 9.49. The molecule has 0 saturated carbocycles. The Hall–Kier alpha value is -2.80. The Kier molecular flexibility index (Phi) is 5.08. The minimum Gasteiger partial charge on any atom is -0.349 e. The van der Waals surface area contributed by atoms with Gasteiger partial charge in [-0.1, -0.05) is 35.9 Å². The number of hydrogen-bond acceptors (Lipinski definition) is 2. The molecular formula is C21H17ClF3N3O. The van der Waals surface area contributed by atoms with Gasteiger partial charge >= 0.3 is 6.18 Å². The van der Waals surface area contributed by atoms with Crippen LogP contribution in [0.2, 0.25) is 5.02 Å². The molecule has 150 valence electrons. The van der Waals surface area contributed by atoms with Crippen molar-refractivity contribution in [1.82, 2.24) is 15.1 Å². The Balaban J connectivity index is 1.61. The number of benzene rings is 2. The van der Waals surface area contributed by atoms with Gasteiger partial charge in [-0.05, 0) is 54.7 Å². The zero-order valence-corrected chi connectivity index (χ0v) is 16.0. The maximum Gasteiger partial charge on any atom is 0.434 e. The lowest BCUT2D eigenvalue weighted by molar-refractivity contribution is -0.143. The van der Waals surface area contributed by atoms with Crippen LogP contribution in [0, 0.1) is 0 Å². The smallest absolute Gasteiger partial charge is 0.349 e. The van der Waals surface area contributed by atoms with E-state index in [1.165, 1.54) is 29.8 Å². The van der Waals surface area contributed by atoms with Gasteiger partial charge in [0.15, 0.2) is 5.69 Å². The third-order valence-electron chi connectivity index (χ3n) is 5.04. The number of rotatable bonds is 3. The van der Waals surface area contributed by atoms with Crippen LogP contribution in [0.25, 0.3) is 5.69 Å². The summed E-state index contributed by atoms with van der Waals surface area (Å²) in [6.07, 6.45) is -1.74. The molecule has 0 unspecified atom stereocenters. The summed E-state index contributed by atoms with van der Waals surface area (Å²) in [7, 11) is 0. The second-order valence-electron chi connectivity index (χ2n) is 6.97. The SMILES string of the molecule is O=C(N[C@H]1CCc2ccccc2C1)c1cnn(-c2ccc(Cl)cc2)c1C(F)(F)F. The third-order valence-corrected chi connectivity index (χ3v) is 5.29. The van der Waals surface area contributed by atoms with Crippen molar-refractivity contribution in [3.05, 3.63) is 82.1 Å². The Morgan fingerprint density at radius 3 is 2.48 bits per heavy atom. The van der Waals surface area contributed by atoms with Crippen LogP contribution in [-0.2, 0) is 19.0 Å². The molecule has 0 spiro atoms. The topological polar surface area (TPSA) is 46.9 Å². The summed E-state index contributed by atoms with van der Waals surface area (Å²) in [6, 6.07) is 13.4. The van der Waals surface area contributed by atoms with Gasteiger partial charge in [-0.2, -0.15) is 18.3 Å². The number of hydrogen-bond donors (Lipinski definition) is 1. The van der Waals surface area contributed by atoms with Crippen LogP contribution in [0.15, 0.2) is 54.7 Å². The van der Waals surface area contributed by atoms with Crippen LogP contribution < -0.4 is 5.32 Å². The standard InChI is InChI=1S/C21H17ClF3N3O/c22-15-6-9-17(10-7-15)28-19(21(23,24)25)18(12-26-28)20(29)27-16-8-5-13-3-1-2-4-14(13)11-16/h1-4,6-7,9-10,12,16H,5,8,11H2,(H,27,29)/t16-/m0/s1. The predicted octanol–water partition coefficient (Wildman–Crippen LogP) is 4.83. The molecule has 1 atom stereocenters. The average molecular weight is 420 g/mol. The van der Waals surface area contributed by atoms with E-state index in [0.29, 0.717) is 17.9 Å². The molecule has 1 aliphatic carbocycles. The molecule has 4 rings (SSSR count). The van der Waals surface area contributed by atoms with E-state index in [1.807, 2.05) is 24.3 Å². The second-order valence-corrected chi connectivity index (χ2v) is 7.41. The number of amides is 1. The first-order chi connectivity index (χ1) is 13.8. The highest BCUT2D eigenvalue weighted by atomic mass is 35.5. The van der Waals surface area contributed by atoms with Crippen molar-refractivity contribution in [1.29, 1.82) is 0 Å². The molecule has 29 heavy (non-hydrogen) atoms. The van der Waals surface area contributed by atoms with Gasteiger partial charge in [0.2, 0.25) is 0 Å². The van der Waals surface area contributed by atoms with E-state index in [9.17, 15) is 18.0 Å². The molecule has 2 aromatic carbocycles. The molecule has 1 amide bonds. The van der Waals surface area contributed by atoms with Gasteiger partial charge in [-0.15, -0.1) is 0 Å². The van der Waals surface area contributed by atoms with E-state index in [-0.39, 0.29) is 11.7 Å². The summed E-state index contributed by atoms with van der Waals surface area (Å²) >= 11 is 5.81. The van der Waals surface area contributed by atoms with Gasteiger partial charge in [0.1, 0.15) is 0 Å². The number of carbonyl (C=O) groups excluding carboxylic acids is 1. The molecule has 1 N–H and O–H groups in total. The van der Waals surface area contributed by atoms with Crippen molar-refractivity contribution in [2.24, 2.45) is 0 Å². The summed E-state index contributed by atoms with van der Waals surface area (Å²) in [5.41, 5.74) is 0.897. The van der Waals surface area contributed by atoms with Gasteiger partial charge in [0, 0.05) is 11.1 Å². The predicted molar refractivity (Wildman–Crippen MR) is 103 cm³/mol. The number of fused-ring (bicyclic) bond motifs is 1. The molecule has 0 bridgehead atoms. The number of nitrogens with one attached hydrogen (secondary N) is 1. The maximum absolute atomic E-state index is 13.8. The summed E-state index contributed by atoms with van der Waals surface area (Å²) in [4.78, 5) is 12.7. The lowest BCUT2D eigenvalue weighted by Gasteiger charge is -2.25. The van der Waals surface area contributed by atoms with Crippen LogP contribution in [-0.4, -0.2) is 21.7 Å². The number of aryl methyl sites for hydroxylation is 1. The highest BCUT2D eigenvalue weighted by molar-refractivity contribution is 6.30. The monoisotopic (exact) mass is 419 g/mol. The van der Waals surface area contributed by atoms with Gasteiger partial charge < -0.3 is 5.32 Å². The molecule has 8 heteroatoms. The molecule has 0 saturated heterocycles. The van der Waals surface area contributed by atoms with Crippen LogP contribution in [0.4, 0.5) is 13.2 Å². The molecule has 0 radical (unpaired) electrons. The van der Waals surface area contributed by atoms with Crippen molar-refractivity contribution in [3.63, 3.8) is 0 Å². The van der Waals surface area contributed by atoms with Gasteiger partial charge in [-0.3, -0.25) is 4.79 Å². The minimum absolute atomic E-state index is 0.173. The number of alkyl halides is 3. The van der Waals surface area contributed by atoms with Gasteiger partial charge in [0.25, 0.3) is 5.91 Å². The highest BCUT2D eigenvalue weighted by Gasteiger charge is 2.41. The van der Waals surface area contributed by atoms with Gasteiger partial charge in [0.05, 0.1) is 17.4 Å². The molecular weight excluding hydrogens is 403 g/mol. The van der Waals surface area contributed by atoms with Gasteiger partial charge in [-0.25, -0.2) is 4.68 Å². The van der Waals surface area contributed by atoms with E-state index in [4.69, 9.17) is 11.6 Å². The number of carbonyl (C=O) groups is 1. The van der Waals surface area contributed by atoms with Crippen LogP contribution in [0.5, 0.6) is 0 Å². The van der Waals surface area contributed by atoms with Crippen LogP contribution in [0.1, 0.15) is 33.6 Å². The zero-order valence-electron chi connectivity index (χ0n) is 15.2. The Morgan fingerprint density at radius 1 is 1.10 bits per heavy atom. The Labute approximate surface area is 170 Å². The Bertz CT molecular complexity index is 1040. The van der Waals surface area contributed by atoms with Crippen molar-refractivity contribution in [2.45, 2.75) is 31.5 Å². The fourth-order valence-corrected chi connectivity index (χ4v) is 3.78. The van der Waals surface area contributed by atoms with E-state index in [2.05, 4.69) is 10.4 Å². The molecule has 3 aromatic rings. The molecule has 0 aliphatic heterocycles. The molecule has 1 aromatic heterocycles. The summed E-state index contributed by atoms with van der Waals surface area (Å²) in [6.45, 7) is 0. The Morgan fingerprint density at radius 2 is 1.79 bits per heavy atom. The first kappa shape index (κ1) is 19.5. The van der Waals surface area contributed by atoms with Crippen LogP contribution in [0.3, 0.4) is 0 Å². The normalized spacial score (nSPS) is 16.3. The van der Waals surface area contributed by atoms with E-state index >= 15 is 0 Å². The zero-order chi connectivity index (χ0) is 20.6. The minimum atomic E-state index is -4.75. The largest absolute Gasteiger partial charge is 0.434 e. The quantitative estimate of drug-likeness (QED) is 0.661. The van der Waals surface area contributed by atoms with Crippen molar-refractivity contribution in [2.75, 3.05) is 0 Å². The number of aromatic nitrogens is 2. The summed E-state index contributed by atoms with van der Waals surface area (Å²) < 4.78 is 42.1. The van der Waals surface area contributed by atoms with Crippen molar-refractivity contribution in [3.8, 4) is 5.69 Å². The highest BCUT2D eigenvalue weighted by Crippen LogP contribution is 2.34. The first-order valence-electron chi connectivity index (χ1n) is 9.12. The third kappa shape index (κ3) is 4.00. The van der Waals surface area contributed by atoms with Crippen molar-refractivity contribution >= 4 is 17.5 Å². The lowest BCUT2D eigenvalue weighted by atomic mass is 9.88. The maximum atomic E-state index is 13.8. The lowest BCUT2D eigenvalue weighted by Crippen LogP contribution is -2.39. The van der Waals surface area contributed by atoms with Crippen molar-refractivity contribution < 1.29 is 18.0 Å². The molecule has 4 nitrogen and oxygen atoms in total. The fraction of sp³-hybridized carbons (Fsp3) is 0.238. The number of nitrogens with zero attached hydrogens (tertiary/aromatic N) is 2. The van der Waals surface area contributed by atoms with E-state index in [1.54, 1.807) is 0 Å². The summed E-state index contributed by atoms with van der Waals surface area (Å²) in [5.74, 6) is -0.776. The number of halogens is 4. The molecule has 1 heterocycles. The molecule has 1 aliphatic rings. The second kappa shape index (κ2) is 7.55. The average Bonchev–Trinajstić information content (AvgIpc) is 3.14. The fourth-order valence-electron chi connectivity index (χ4n) is 3.65. The van der Waals surface area contributed by atoms with E-state index in [0.717, 1.165) is 22.9 Å².